The molecule has 1 aromatic heterocycles. The van der Waals surface area contributed by atoms with Gasteiger partial charge in [0.25, 0.3) is 0 Å². The predicted molar refractivity (Wildman–Crippen MR) is 64.1 cm³/mol. The molecule has 3 nitrogen and oxygen atoms in total. The number of aromatic nitrogens is 1. The maximum Gasteiger partial charge on any atom is 0.0897 e. The molecule has 15 heavy (non-hydrogen) atoms. The van der Waals surface area contributed by atoms with Crippen molar-refractivity contribution in [1.82, 2.24) is 9.88 Å². The maximum absolute atomic E-state index is 9.17. The minimum atomic E-state index is -0.0418. The monoisotopic (exact) mass is 228 g/mol. The van der Waals surface area contributed by atoms with E-state index in [4.69, 9.17) is 0 Å². The first-order valence-corrected chi connectivity index (χ1v) is 6.01. The molecule has 0 aromatic carbocycles. The number of aliphatic hydroxyl groups is 1. The van der Waals surface area contributed by atoms with Crippen molar-refractivity contribution in [3.63, 3.8) is 0 Å². The van der Waals surface area contributed by atoms with E-state index in [0.717, 1.165) is 23.8 Å². The van der Waals surface area contributed by atoms with E-state index >= 15 is 0 Å². The lowest BCUT2D eigenvalue weighted by molar-refractivity contribution is 0.112. The van der Waals surface area contributed by atoms with Gasteiger partial charge in [-0.15, -0.1) is 11.3 Å². The maximum atomic E-state index is 9.17. The summed E-state index contributed by atoms with van der Waals surface area (Å²) < 4.78 is 0. The fourth-order valence-electron chi connectivity index (χ4n) is 1.59. The molecule has 86 valence electrons. The van der Waals surface area contributed by atoms with Gasteiger partial charge in [-0.25, -0.2) is 4.98 Å². The second kappa shape index (κ2) is 5.05. The summed E-state index contributed by atoms with van der Waals surface area (Å²) in [5.41, 5.74) is 1.08. The third kappa shape index (κ3) is 4.28. The van der Waals surface area contributed by atoms with Crippen molar-refractivity contribution >= 4 is 11.3 Å². The van der Waals surface area contributed by atoms with E-state index in [2.05, 4.69) is 36.2 Å². The van der Waals surface area contributed by atoms with Crippen LogP contribution in [0.25, 0.3) is 0 Å². The van der Waals surface area contributed by atoms with E-state index in [-0.39, 0.29) is 12.0 Å². The highest BCUT2D eigenvalue weighted by atomic mass is 32.1. The quantitative estimate of drug-likeness (QED) is 0.836. The van der Waals surface area contributed by atoms with Crippen LogP contribution >= 0.6 is 11.3 Å². The molecule has 1 aromatic rings. The molecule has 4 heteroatoms. The first-order chi connectivity index (χ1) is 6.93. The molecule has 0 spiro atoms. The van der Waals surface area contributed by atoms with E-state index in [1.54, 1.807) is 11.3 Å². The molecule has 1 heterocycles. The Balaban J connectivity index is 2.46. The molecule has 0 atom stereocenters. The zero-order valence-corrected chi connectivity index (χ0v) is 10.8. The Hall–Kier alpha value is -0.450. The van der Waals surface area contributed by atoms with Crippen LogP contribution in [0.2, 0.25) is 0 Å². The van der Waals surface area contributed by atoms with Crippen LogP contribution < -0.4 is 0 Å². The van der Waals surface area contributed by atoms with Gasteiger partial charge in [0.1, 0.15) is 0 Å². The number of aryl methyl sites for hydroxylation is 1. The van der Waals surface area contributed by atoms with Crippen LogP contribution in [0.3, 0.4) is 0 Å². The molecular weight excluding hydrogens is 208 g/mol. The Morgan fingerprint density at radius 3 is 2.67 bits per heavy atom. The normalized spacial score (nSPS) is 12.4. The van der Waals surface area contributed by atoms with E-state index in [1.807, 2.05) is 6.92 Å². The first-order valence-electron chi connectivity index (χ1n) is 5.13. The van der Waals surface area contributed by atoms with Gasteiger partial charge >= 0.3 is 0 Å². The van der Waals surface area contributed by atoms with Gasteiger partial charge in [0.2, 0.25) is 0 Å². The van der Waals surface area contributed by atoms with Crippen LogP contribution in [-0.4, -0.2) is 35.2 Å². The summed E-state index contributed by atoms with van der Waals surface area (Å²) in [6.07, 6.45) is 0. The average Bonchev–Trinajstić information content (AvgIpc) is 2.50. The molecule has 0 bridgehead atoms. The van der Waals surface area contributed by atoms with Gasteiger partial charge in [0.05, 0.1) is 10.7 Å². The van der Waals surface area contributed by atoms with E-state index in [9.17, 15) is 5.11 Å². The number of rotatable bonds is 5. The molecule has 0 aliphatic carbocycles. The molecule has 0 fully saturated rings. The Bertz CT molecular complexity index is 309. The predicted octanol–water partition coefficient (Wildman–Crippen LogP) is 1.90. The summed E-state index contributed by atoms with van der Waals surface area (Å²) in [7, 11) is 2.06. The molecule has 0 aliphatic rings. The van der Waals surface area contributed by atoms with Gasteiger partial charge in [0, 0.05) is 30.5 Å². The smallest absolute Gasteiger partial charge is 0.0897 e. The van der Waals surface area contributed by atoms with Gasteiger partial charge in [-0.1, -0.05) is 13.8 Å². The van der Waals surface area contributed by atoms with Gasteiger partial charge in [-0.05, 0) is 14.0 Å². The van der Waals surface area contributed by atoms with Crippen LogP contribution in [-0.2, 0) is 6.54 Å². The van der Waals surface area contributed by atoms with Crippen molar-refractivity contribution in [2.45, 2.75) is 27.3 Å². The van der Waals surface area contributed by atoms with Crippen molar-refractivity contribution in [3.05, 3.63) is 16.1 Å². The van der Waals surface area contributed by atoms with Crippen LogP contribution in [0, 0.1) is 12.3 Å². The Labute approximate surface area is 95.8 Å². The molecule has 0 saturated heterocycles. The molecule has 0 aliphatic heterocycles. The highest BCUT2D eigenvalue weighted by Gasteiger charge is 2.19. The molecule has 1 rings (SSSR count). The number of hydrogen-bond donors (Lipinski definition) is 1. The summed E-state index contributed by atoms with van der Waals surface area (Å²) in [5.74, 6) is 0. The third-order valence-electron chi connectivity index (χ3n) is 2.22. The average molecular weight is 228 g/mol. The summed E-state index contributed by atoms with van der Waals surface area (Å²) in [6.45, 7) is 8.10. The van der Waals surface area contributed by atoms with E-state index < -0.39 is 0 Å². The molecule has 0 saturated carbocycles. The second-order valence-corrected chi connectivity index (χ2v) is 5.91. The van der Waals surface area contributed by atoms with E-state index in [1.165, 1.54) is 0 Å². The largest absolute Gasteiger partial charge is 0.396 e. The standard InChI is InChI=1S/C11H20N2OS/c1-9-12-10(6-15-9)5-13(4)7-11(2,3)8-14/h6,14H,5,7-8H2,1-4H3. The molecule has 0 radical (unpaired) electrons. The lowest BCUT2D eigenvalue weighted by atomic mass is 9.94. The number of nitrogens with zero attached hydrogens (tertiary/aromatic N) is 2. The van der Waals surface area contributed by atoms with Gasteiger partial charge in [-0.2, -0.15) is 0 Å². The highest BCUT2D eigenvalue weighted by molar-refractivity contribution is 7.09. The zero-order chi connectivity index (χ0) is 11.5. The number of aliphatic hydroxyl groups excluding tert-OH is 1. The first kappa shape index (κ1) is 12.6. The molecule has 0 unspecified atom stereocenters. The van der Waals surface area contributed by atoms with Crippen molar-refractivity contribution in [3.8, 4) is 0 Å². The topological polar surface area (TPSA) is 36.4 Å². The minimum Gasteiger partial charge on any atom is -0.396 e. The SMILES string of the molecule is Cc1nc(CN(C)CC(C)(C)CO)cs1. The van der Waals surface area contributed by atoms with Gasteiger partial charge in [0.15, 0.2) is 0 Å². The lowest BCUT2D eigenvalue weighted by Crippen LogP contribution is -2.33. The molecule has 0 amide bonds. The van der Waals surface area contributed by atoms with E-state index in [0.29, 0.717) is 0 Å². The Morgan fingerprint density at radius 1 is 1.53 bits per heavy atom. The van der Waals surface area contributed by atoms with Gasteiger partial charge < -0.3 is 5.11 Å². The summed E-state index contributed by atoms with van der Waals surface area (Å²) in [4.78, 5) is 6.62. The zero-order valence-electron chi connectivity index (χ0n) is 9.95. The second-order valence-electron chi connectivity index (χ2n) is 4.85. The Morgan fingerprint density at radius 2 is 2.20 bits per heavy atom. The fourth-order valence-corrected chi connectivity index (χ4v) is 2.20. The molecular formula is C11H20N2OS. The third-order valence-corrected chi connectivity index (χ3v) is 3.05. The fraction of sp³-hybridized carbons (Fsp3) is 0.727. The van der Waals surface area contributed by atoms with Crippen LogP contribution in [0.4, 0.5) is 0 Å². The van der Waals surface area contributed by atoms with Crippen LogP contribution in [0.15, 0.2) is 5.38 Å². The van der Waals surface area contributed by atoms with Crippen molar-refractivity contribution in [1.29, 1.82) is 0 Å². The van der Waals surface area contributed by atoms with Gasteiger partial charge in [-0.3, -0.25) is 4.90 Å². The highest BCUT2D eigenvalue weighted by Crippen LogP contribution is 2.17. The Kier molecular flexibility index (Phi) is 4.25. The molecule has 1 N–H and O–H groups in total. The van der Waals surface area contributed by atoms with Crippen molar-refractivity contribution in [2.75, 3.05) is 20.2 Å². The van der Waals surface area contributed by atoms with Crippen molar-refractivity contribution in [2.24, 2.45) is 5.41 Å². The van der Waals surface area contributed by atoms with Crippen LogP contribution in [0.5, 0.6) is 0 Å². The van der Waals surface area contributed by atoms with Crippen LogP contribution in [0.1, 0.15) is 24.5 Å². The lowest BCUT2D eigenvalue weighted by Gasteiger charge is -2.27. The van der Waals surface area contributed by atoms with Crippen molar-refractivity contribution < 1.29 is 5.11 Å². The summed E-state index contributed by atoms with van der Waals surface area (Å²) in [5, 5.41) is 12.4. The summed E-state index contributed by atoms with van der Waals surface area (Å²) in [6, 6.07) is 0. The number of hydrogen-bond acceptors (Lipinski definition) is 4. The number of thiazole rings is 1. The summed E-state index contributed by atoms with van der Waals surface area (Å²) >= 11 is 1.68. The minimum absolute atomic E-state index is 0.0418.